The number of aliphatic carboxylic acids is 1. The van der Waals surface area contributed by atoms with Crippen molar-refractivity contribution in [2.45, 2.75) is 37.8 Å². The van der Waals surface area contributed by atoms with Crippen LogP contribution >= 0.6 is 0 Å². The second-order valence-corrected chi connectivity index (χ2v) is 6.92. The van der Waals surface area contributed by atoms with Crippen LogP contribution in [0.5, 0.6) is 0 Å². The molecule has 16 heavy (non-hydrogen) atoms. The summed E-state index contributed by atoms with van der Waals surface area (Å²) in [6, 6.07) is -0.252. The predicted octanol–water partition coefficient (Wildman–Crippen LogP) is 0.113. The molecule has 0 aliphatic carbocycles. The lowest BCUT2D eigenvalue weighted by Crippen LogP contribution is -2.46. The minimum atomic E-state index is -2.86. The zero-order valence-electron chi connectivity index (χ0n) is 9.13. The van der Waals surface area contributed by atoms with Crippen LogP contribution in [0.15, 0.2) is 0 Å². The number of carbonyl (C=O) groups is 1. The summed E-state index contributed by atoms with van der Waals surface area (Å²) in [5.41, 5.74) is 0. The second-order valence-electron chi connectivity index (χ2n) is 4.62. The molecule has 2 heterocycles. The average Bonchev–Trinajstić information content (AvgIpc) is 2.66. The quantitative estimate of drug-likeness (QED) is 0.749. The van der Waals surface area contributed by atoms with Gasteiger partial charge in [0.05, 0.1) is 11.5 Å². The van der Waals surface area contributed by atoms with E-state index in [4.69, 9.17) is 5.11 Å². The largest absolute Gasteiger partial charge is 0.480 e. The summed E-state index contributed by atoms with van der Waals surface area (Å²) < 4.78 is 22.6. The van der Waals surface area contributed by atoms with Crippen LogP contribution in [-0.4, -0.2) is 54.5 Å². The van der Waals surface area contributed by atoms with Crippen LogP contribution in [0.2, 0.25) is 0 Å². The van der Waals surface area contributed by atoms with E-state index >= 15 is 0 Å². The Bertz CT molecular complexity index is 364. The summed E-state index contributed by atoms with van der Waals surface area (Å²) in [6.07, 6.45) is 2.77. The maximum atomic E-state index is 11.3. The van der Waals surface area contributed by atoms with Gasteiger partial charge in [0.25, 0.3) is 0 Å². The van der Waals surface area contributed by atoms with Crippen LogP contribution < -0.4 is 0 Å². The van der Waals surface area contributed by atoms with E-state index in [1.54, 1.807) is 0 Å². The van der Waals surface area contributed by atoms with Crippen LogP contribution in [-0.2, 0) is 14.6 Å². The van der Waals surface area contributed by atoms with Gasteiger partial charge in [0, 0.05) is 6.04 Å². The lowest BCUT2D eigenvalue weighted by atomic mass is 10.1. The normalized spacial score (nSPS) is 31.6. The highest BCUT2D eigenvalue weighted by Gasteiger charge is 2.37. The number of nitrogens with zero attached hydrogens (tertiary/aromatic N) is 1. The number of hydrogen-bond donors (Lipinski definition) is 1. The molecule has 1 atom stereocenters. The van der Waals surface area contributed by atoms with E-state index in [2.05, 4.69) is 0 Å². The van der Waals surface area contributed by atoms with E-state index in [1.165, 1.54) is 0 Å². The molecule has 1 N–H and O–H groups in total. The fourth-order valence-corrected chi connectivity index (χ4v) is 4.17. The van der Waals surface area contributed by atoms with Crippen LogP contribution in [0.4, 0.5) is 0 Å². The monoisotopic (exact) mass is 247 g/mol. The Labute approximate surface area is 95.4 Å². The van der Waals surface area contributed by atoms with Crippen molar-refractivity contribution < 1.29 is 18.3 Å². The van der Waals surface area contributed by atoms with Crippen molar-refractivity contribution in [2.24, 2.45) is 0 Å². The van der Waals surface area contributed by atoms with Gasteiger partial charge in [-0.05, 0) is 32.2 Å². The summed E-state index contributed by atoms with van der Waals surface area (Å²) in [6.45, 7) is 0.793. The molecule has 0 amide bonds. The molecule has 0 bridgehead atoms. The van der Waals surface area contributed by atoms with Gasteiger partial charge in [-0.3, -0.25) is 9.69 Å². The molecule has 2 aliphatic rings. The molecule has 6 heteroatoms. The molecule has 2 aliphatic heterocycles. The van der Waals surface area contributed by atoms with Gasteiger partial charge in [-0.25, -0.2) is 8.42 Å². The summed E-state index contributed by atoms with van der Waals surface area (Å²) >= 11 is 0. The van der Waals surface area contributed by atoms with Gasteiger partial charge in [-0.15, -0.1) is 0 Å². The van der Waals surface area contributed by atoms with Crippen molar-refractivity contribution in [2.75, 3.05) is 18.1 Å². The van der Waals surface area contributed by atoms with Gasteiger partial charge in [-0.2, -0.15) is 0 Å². The molecule has 0 saturated carbocycles. The average molecular weight is 247 g/mol. The number of rotatable bonds is 2. The van der Waals surface area contributed by atoms with Crippen molar-refractivity contribution in [1.82, 2.24) is 4.90 Å². The molecule has 2 rings (SSSR count). The smallest absolute Gasteiger partial charge is 0.320 e. The SMILES string of the molecule is O=C(O)C1CCCN1C1CCS(=O)(=O)CC1. The zero-order chi connectivity index (χ0) is 11.8. The van der Waals surface area contributed by atoms with Crippen molar-refractivity contribution in [1.29, 1.82) is 0 Å². The van der Waals surface area contributed by atoms with Crippen LogP contribution in [0.1, 0.15) is 25.7 Å². The molecular formula is C10H17NO4S. The predicted molar refractivity (Wildman–Crippen MR) is 59.0 cm³/mol. The van der Waals surface area contributed by atoms with Gasteiger partial charge in [0.1, 0.15) is 15.9 Å². The van der Waals surface area contributed by atoms with Gasteiger partial charge >= 0.3 is 5.97 Å². The number of sulfone groups is 1. The van der Waals surface area contributed by atoms with Gasteiger partial charge in [0.2, 0.25) is 0 Å². The molecule has 0 aromatic heterocycles. The van der Waals surface area contributed by atoms with Crippen molar-refractivity contribution >= 4 is 15.8 Å². The number of carboxylic acids is 1. The summed E-state index contributed by atoms with van der Waals surface area (Å²) in [7, 11) is -2.86. The van der Waals surface area contributed by atoms with Crippen LogP contribution in [0.25, 0.3) is 0 Å². The third-order valence-corrected chi connectivity index (χ3v) is 5.29. The van der Waals surface area contributed by atoms with Crippen LogP contribution in [0, 0.1) is 0 Å². The lowest BCUT2D eigenvalue weighted by molar-refractivity contribution is -0.143. The molecule has 92 valence electrons. The Hall–Kier alpha value is -0.620. The fourth-order valence-electron chi connectivity index (χ4n) is 2.70. The minimum Gasteiger partial charge on any atom is -0.480 e. The van der Waals surface area contributed by atoms with Gasteiger partial charge < -0.3 is 5.11 Å². The van der Waals surface area contributed by atoms with Crippen LogP contribution in [0.3, 0.4) is 0 Å². The maximum absolute atomic E-state index is 11.3. The van der Waals surface area contributed by atoms with E-state index in [0.29, 0.717) is 19.3 Å². The van der Waals surface area contributed by atoms with Crippen molar-refractivity contribution in [3.63, 3.8) is 0 Å². The molecule has 2 fully saturated rings. The highest BCUT2D eigenvalue weighted by molar-refractivity contribution is 7.91. The molecule has 5 nitrogen and oxygen atoms in total. The maximum Gasteiger partial charge on any atom is 0.320 e. The molecule has 0 aromatic rings. The standard InChI is InChI=1S/C10H17NO4S/c12-10(13)9-2-1-5-11(9)8-3-6-16(14,15)7-4-8/h8-9H,1-7H2,(H,12,13). The Morgan fingerprint density at radius 3 is 2.38 bits per heavy atom. The van der Waals surface area contributed by atoms with E-state index in [-0.39, 0.29) is 17.5 Å². The van der Waals surface area contributed by atoms with E-state index in [0.717, 1.165) is 13.0 Å². The Morgan fingerprint density at radius 2 is 1.81 bits per heavy atom. The number of hydrogen-bond acceptors (Lipinski definition) is 4. The first-order valence-electron chi connectivity index (χ1n) is 5.68. The van der Waals surface area contributed by atoms with Crippen molar-refractivity contribution in [3.8, 4) is 0 Å². The molecule has 2 saturated heterocycles. The highest BCUT2D eigenvalue weighted by Crippen LogP contribution is 2.26. The summed E-state index contributed by atoms with van der Waals surface area (Å²) in [4.78, 5) is 13.0. The molecule has 1 unspecified atom stereocenters. The molecule has 0 aromatic carbocycles. The molecular weight excluding hydrogens is 230 g/mol. The number of likely N-dealkylation sites (tertiary alicyclic amines) is 1. The fraction of sp³-hybridized carbons (Fsp3) is 0.900. The Balaban J connectivity index is 2.01. The summed E-state index contributed by atoms with van der Waals surface area (Å²) in [5, 5.41) is 9.06. The summed E-state index contributed by atoms with van der Waals surface area (Å²) in [5.74, 6) is -0.355. The Morgan fingerprint density at radius 1 is 1.19 bits per heavy atom. The number of carboxylic acid groups (broad SMARTS) is 1. The first-order chi connectivity index (χ1) is 7.49. The second kappa shape index (κ2) is 4.33. The topological polar surface area (TPSA) is 74.7 Å². The highest BCUT2D eigenvalue weighted by atomic mass is 32.2. The first kappa shape index (κ1) is 11.9. The molecule has 0 spiro atoms. The van der Waals surface area contributed by atoms with E-state index in [9.17, 15) is 13.2 Å². The lowest BCUT2D eigenvalue weighted by Gasteiger charge is -2.33. The first-order valence-corrected chi connectivity index (χ1v) is 7.51. The third kappa shape index (κ3) is 2.38. The van der Waals surface area contributed by atoms with Crippen molar-refractivity contribution in [3.05, 3.63) is 0 Å². The van der Waals surface area contributed by atoms with Gasteiger partial charge in [0.15, 0.2) is 0 Å². The minimum absolute atomic E-state index is 0.145. The third-order valence-electron chi connectivity index (χ3n) is 3.57. The van der Waals surface area contributed by atoms with E-state index < -0.39 is 21.8 Å². The zero-order valence-corrected chi connectivity index (χ0v) is 9.95. The molecule has 0 radical (unpaired) electrons. The Kier molecular flexibility index (Phi) is 3.21. The van der Waals surface area contributed by atoms with E-state index in [1.807, 2.05) is 4.90 Å². The van der Waals surface area contributed by atoms with Gasteiger partial charge in [-0.1, -0.05) is 0 Å².